The van der Waals surface area contributed by atoms with Gasteiger partial charge >= 0.3 is 18.0 Å². The summed E-state index contributed by atoms with van der Waals surface area (Å²) in [6.45, 7) is 9.05. The second-order valence-corrected chi connectivity index (χ2v) is 15.9. The molecular formula is C37H49Ac2NO13. The number of ether oxygens (including phenoxy) is 4. The van der Waals surface area contributed by atoms with E-state index in [1.807, 2.05) is 0 Å². The van der Waals surface area contributed by atoms with Crippen LogP contribution in [0.25, 0.3) is 0 Å². The maximum Gasteiger partial charge on any atom is 0.407 e. The first-order valence-corrected chi connectivity index (χ1v) is 17.6. The number of amides is 1. The summed E-state index contributed by atoms with van der Waals surface area (Å²) in [6, 6.07) is 6.88. The molecule has 4 aliphatic carbocycles. The fourth-order valence-corrected chi connectivity index (χ4v) is 9.03. The number of Topliss-reactive ketones (excluding diaryl/α,β-unsaturated/α-hetero) is 1. The smallest absolute Gasteiger partial charge is 0.407 e. The van der Waals surface area contributed by atoms with Crippen molar-refractivity contribution in [2.24, 2.45) is 22.7 Å². The molecule has 3 saturated carbocycles. The number of nitrogens with one attached hydrogen (secondary N) is 1. The molecule has 0 aromatic heterocycles. The molecule has 2 radical (unpaired) electrons. The predicted octanol–water partition coefficient (Wildman–Crippen LogP) is 1.34. The number of carbonyl (C=O) groups excluding carboxylic acids is 4. The van der Waals surface area contributed by atoms with E-state index in [1.54, 1.807) is 45.9 Å². The molecule has 4 fully saturated rings. The fraction of sp³-hybridized carbons (Fsp3) is 0.676. The van der Waals surface area contributed by atoms with Crippen molar-refractivity contribution in [2.75, 3.05) is 6.61 Å². The van der Waals surface area contributed by atoms with Crippen molar-refractivity contribution in [2.45, 2.75) is 127 Å². The van der Waals surface area contributed by atoms with Crippen LogP contribution in [0.1, 0.15) is 77.6 Å². The van der Waals surface area contributed by atoms with Crippen molar-refractivity contribution in [3.8, 4) is 0 Å². The van der Waals surface area contributed by atoms with E-state index in [9.17, 15) is 44.7 Å². The van der Waals surface area contributed by atoms with Gasteiger partial charge in [-0.2, -0.15) is 0 Å². The Morgan fingerprint density at radius 1 is 1.00 bits per heavy atom. The molecule has 6 rings (SSSR count). The monoisotopic (exact) mass is 1170 g/mol. The number of hydrogen-bond acceptors (Lipinski definition) is 13. The topological polar surface area (TPSA) is 218 Å². The second-order valence-electron chi connectivity index (χ2n) is 15.9. The molecule has 2 bridgehead atoms. The Bertz CT molecular complexity index is 1620. The summed E-state index contributed by atoms with van der Waals surface area (Å²) in [7, 11) is 0. The van der Waals surface area contributed by atoms with E-state index >= 15 is 0 Å². The molecule has 1 aliphatic heterocycles. The van der Waals surface area contributed by atoms with Crippen molar-refractivity contribution in [1.29, 1.82) is 0 Å². The van der Waals surface area contributed by atoms with Crippen LogP contribution >= 0.6 is 0 Å². The molecule has 1 aromatic carbocycles. The Kier molecular flexibility index (Phi) is 14.0. The maximum absolute atomic E-state index is 14.6. The summed E-state index contributed by atoms with van der Waals surface area (Å²) < 4.78 is 22.8. The van der Waals surface area contributed by atoms with Crippen LogP contribution in [-0.2, 0) is 28.5 Å². The molecule has 286 valence electrons. The Labute approximate surface area is 380 Å². The van der Waals surface area contributed by atoms with Crippen molar-refractivity contribution >= 4 is 23.8 Å². The van der Waals surface area contributed by atoms with Crippen LogP contribution in [0.15, 0.2) is 41.5 Å². The minimum absolute atomic E-state index is 0. The zero-order valence-corrected chi connectivity index (χ0v) is 40.3. The van der Waals surface area contributed by atoms with Crippen molar-refractivity contribution in [3.05, 3.63) is 47.0 Å². The van der Waals surface area contributed by atoms with Gasteiger partial charge in [-0.25, -0.2) is 14.4 Å². The average Bonchev–Trinajstić information content (AvgIpc) is 3.91. The minimum atomic E-state index is -2.27. The normalized spacial score (nSPS) is 36.7. The molecular weight excluding hydrogens is 1120 g/mol. The number of alkyl carbamates (subject to hydrolysis) is 1. The van der Waals surface area contributed by atoms with Crippen molar-refractivity contribution in [1.82, 2.24) is 5.32 Å². The van der Waals surface area contributed by atoms with Gasteiger partial charge in [-0.15, -0.1) is 0 Å². The standard InChI is InChI=1S/C37H49NO13.2Ac/c1-17(2)49-33(45)38-25(19-12-13-19)27(41)32(44)50-21-15-37(47)30(51-31(43)20-10-8-7-9-11-20)28-35(6,22(39)14-23-36(28,46)16-48-23)29(42)26(40)24(18(21)3)34(37,4)5;;/h7-11,17,19,21-23,25-28,30,39-41,46-47H,12-16H2,1-6H3,(H,38,45);;/t21?,22-,23+,25-,26+,27+,28-,30-,35+,36-,37+;;/m0../s1. The average molecular weight is 1170 g/mol. The van der Waals surface area contributed by atoms with Gasteiger partial charge in [0.15, 0.2) is 11.9 Å². The summed E-state index contributed by atoms with van der Waals surface area (Å²) in [4.78, 5) is 54.5. The molecule has 16 heteroatoms. The van der Waals surface area contributed by atoms with Gasteiger partial charge in [-0.3, -0.25) is 4.79 Å². The minimum Gasteiger partial charge on any atom is -0.456 e. The number of aliphatic hydroxyl groups excluding tert-OH is 3. The Morgan fingerprint density at radius 3 is 2.17 bits per heavy atom. The predicted molar refractivity (Wildman–Crippen MR) is 177 cm³/mol. The Balaban J connectivity index is 0.00000314. The zero-order valence-electron chi connectivity index (χ0n) is 30.9. The number of fused-ring (bicyclic) bond motifs is 5. The van der Waals surface area contributed by atoms with Crippen LogP contribution in [0.4, 0.5) is 4.79 Å². The second kappa shape index (κ2) is 16.4. The third-order valence-corrected chi connectivity index (χ3v) is 12.2. The number of rotatable bonds is 8. The van der Waals surface area contributed by atoms with Crippen LogP contribution in [0, 0.1) is 111 Å². The summed E-state index contributed by atoms with van der Waals surface area (Å²) in [5.41, 5.74) is -7.34. The van der Waals surface area contributed by atoms with E-state index in [0.29, 0.717) is 12.8 Å². The molecule has 0 spiro atoms. The van der Waals surface area contributed by atoms with E-state index in [1.165, 1.54) is 26.0 Å². The van der Waals surface area contributed by atoms with E-state index in [0.717, 1.165) is 0 Å². The van der Waals surface area contributed by atoms with Gasteiger partial charge in [0.2, 0.25) is 0 Å². The van der Waals surface area contributed by atoms with Gasteiger partial charge in [0, 0.05) is 112 Å². The quantitative estimate of drug-likeness (QED) is 0.123. The van der Waals surface area contributed by atoms with Gasteiger partial charge in [0.1, 0.15) is 29.5 Å². The fourth-order valence-electron chi connectivity index (χ4n) is 9.03. The molecule has 14 nitrogen and oxygen atoms in total. The maximum atomic E-state index is 14.6. The third-order valence-electron chi connectivity index (χ3n) is 12.2. The molecule has 6 N–H and O–H groups in total. The molecule has 1 saturated heterocycles. The number of ketones is 1. The third kappa shape index (κ3) is 7.64. The Hall–Kier alpha value is -0.517. The zero-order chi connectivity index (χ0) is 37.4. The van der Waals surface area contributed by atoms with Crippen molar-refractivity contribution in [3.63, 3.8) is 0 Å². The van der Waals surface area contributed by atoms with Gasteiger partial charge in [0.05, 0.1) is 41.9 Å². The summed E-state index contributed by atoms with van der Waals surface area (Å²) in [5.74, 6) is -4.62. The molecule has 11 atom stereocenters. The van der Waals surface area contributed by atoms with E-state index in [-0.39, 0.29) is 124 Å². The SMILES string of the molecule is CC1=C2[C@@H](O)C(=O)[C@@]3(C)[C@H]([C@H](OC(=O)c4ccccc4)[C@](O)(CC1OC(=O)[C@H](O)[C@@H](NC(=O)OC(C)C)C1CC1)C2(C)C)[C@]1(O)CO[C@@H]1C[C@@H]3O.[Ac].[Ac]. The van der Waals surface area contributed by atoms with Crippen LogP contribution in [0.5, 0.6) is 0 Å². The Morgan fingerprint density at radius 2 is 1.62 bits per heavy atom. The van der Waals surface area contributed by atoms with Crippen LogP contribution in [0.3, 0.4) is 0 Å². The molecule has 1 amide bonds. The van der Waals surface area contributed by atoms with Crippen LogP contribution in [-0.4, -0.2) is 116 Å². The molecule has 1 heterocycles. The summed E-state index contributed by atoms with van der Waals surface area (Å²) in [5, 5.41) is 62.6. The first kappa shape index (κ1) is 45.2. The number of aliphatic hydroxyl groups is 5. The van der Waals surface area contributed by atoms with E-state index in [4.69, 9.17) is 18.9 Å². The summed E-state index contributed by atoms with van der Waals surface area (Å²) in [6.07, 6.45) is -9.93. The number of carbonyl (C=O) groups is 4. The van der Waals surface area contributed by atoms with Crippen LogP contribution < -0.4 is 5.32 Å². The van der Waals surface area contributed by atoms with Gasteiger partial charge in [-0.05, 0) is 69.7 Å². The van der Waals surface area contributed by atoms with Gasteiger partial charge in [0.25, 0.3) is 0 Å². The number of benzene rings is 1. The summed E-state index contributed by atoms with van der Waals surface area (Å²) >= 11 is 0. The van der Waals surface area contributed by atoms with Gasteiger partial charge < -0.3 is 49.8 Å². The number of esters is 2. The first-order valence-electron chi connectivity index (χ1n) is 17.6. The van der Waals surface area contributed by atoms with Crippen LogP contribution in [0.2, 0.25) is 0 Å². The molecule has 1 aromatic rings. The molecule has 5 aliphatic rings. The van der Waals surface area contributed by atoms with Gasteiger partial charge in [-0.1, -0.05) is 32.0 Å². The van der Waals surface area contributed by atoms with Crippen molar-refractivity contribution < 1.29 is 152 Å². The first-order chi connectivity index (χ1) is 23.8. The molecule has 53 heavy (non-hydrogen) atoms. The van der Waals surface area contributed by atoms with E-state index < -0.39 is 107 Å². The van der Waals surface area contributed by atoms with E-state index in [2.05, 4.69) is 5.32 Å². The largest absolute Gasteiger partial charge is 0.456 e. The number of hydrogen-bond donors (Lipinski definition) is 6. The molecule has 1 unspecified atom stereocenters.